The monoisotopic (exact) mass is 1100 g/mol. The van der Waals surface area contributed by atoms with Crippen molar-refractivity contribution in [3.8, 4) is 18.2 Å². The van der Waals surface area contributed by atoms with Crippen molar-refractivity contribution >= 4 is 25.0 Å². The summed E-state index contributed by atoms with van der Waals surface area (Å²) >= 11 is 0. The van der Waals surface area contributed by atoms with Crippen molar-refractivity contribution in [2.45, 2.75) is 117 Å². The van der Waals surface area contributed by atoms with Crippen molar-refractivity contribution in [1.82, 2.24) is 0 Å². The van der Waals surface area contributed by atoms with Gasteiger partial charge in [-0.2, -0.15) is 24.6 Å². The summed E-state index contributed by atoms with van der Waals surface area (Å²) in [6.07, 6.45) is 0.327. The van der Waals surface area contributed by atoms with Crippen molar-refractivity contribution in [3.05, 3.63) is 144 Å². The first-order valence-corrected chi connectivity index (χ1v) is 24.4. The van der Waals surface area contributed by atoms with Gasteiger partial charge in [0.05, 0.1) is 92.8 Å². The number of aryl methyl sites for hydroxylation is 8. The maximum absolute atomic E-state index is 12.2. The predicted molar refractivity (Wildman–Crippen MR) is 306 cm³/mol. The van der Waals surface area contributed by atoms with Crippen LogP contribution in [0, 0.1) is 113 Å². The fourth-order valence-electron chi connectivity index (χ4n) is 8.17. The van der Waals surface area contributed by atoms with Crippen LogP contribution in [0.2, 0.25) is 0 Å². The maximum atomic E-state index is 12.2. The minimum atomic E-state index is -1.70. The van der Waals surface area contributed by atoms with Crippen LogP contribution in [0.3, 0.4) is 0 Å². The second-order valence-corrected chi connectivity index (χ2v) is 18.5. The molecule has 7 rings (SSSR count). The van der Waals surface area contributed by atoms with E-state index in [1.54, 1.807) is 12.1 Å². The molecule has 434 valence electrons. The third kappa shape index (κ3) is 22.7. The molecule has 0 bridgehead atoms. The average Bonchev–Trinajstić information content (AvgIpc) is 3.39. The van der Waals surface area contributed by atoms with Crippen LogP contribution in [-0.4, -0.2) is 94.1 Å². The molecule has 4 aromatic rings. The molecule has 4 aromatic carbocycles. The zero-order chi connectivity index (χ0) is 55.8. The van der Waals surface area contributed by atoms with E-state index in [-0.39, 0.29) is 81.9 Å². The number of halogens is 2. The summed E-state index contributed by atoms with van der Waals surface area (Å²) in [6, 6.07) is 21.4. The molecule has 3 N–H and O–H groups in total. The van der Waals surface area contributed by atoms with Crippen LogP contribution >= 0.6 is 0 Å². The number of nitriles is 3. The van der Waals surface area contributed by atoms with Crippen molar-refractivity contribution < 1.29 is 63.5 Å². The first-order chi connectivity index (χ1) is 35.8. The Labute approximate surface area is 470 Å². The molecule has 0 atom stereocenters. The molecule has 79 heavy (non-hydrogen) atoms. The largest absolute Gasteiger partial charge is 1.00 e. The van der Waals surface area contributed by atoms with E-state index in [4.69, 9.17) is 59.5 Å². The third-order valence-corrected chi connectivity index (χ3v) is 12.3. The van der Waals surface area contributed by atoms with Gasteiger partial charge in [0.2, 0.25) is 0 Å². The predicted octanol–water partition coefficient (Wildman–Crippen LogP) is 12.6. The van der Waals surface area contributed by atoms with E-state index in [1.807, 2.05) is 98.7 Å². The second kappa shape index (κ2) is 38.2. The Morgan fingerprint density at radius 2 is 0.911 bits per heavy atom. The van der Waals surface area contributed by atoms with Gasteiger partial charge in [-0.05, 0) is 168 Å². The number of nitrogens with zero attached hydrogens (tertiary/aromatic N) is 4. The molecule has 3 fully saturated rings. The molecule has 0 amide bonds. The van der Waals surface area contributed by atoms with Crippen molar-refractivity contribution in [1.29, 1.82) is 15.8 Å². The van der Waals surface area contributed by atoms with Crippen LogP contribution in [0.1, 0.15) is 152 Å². The highest BCUT2D eigenvalue weighted by molar-refractivity contribution is 5.76. The molecule has 3 aliphatic rings. The highest BCUT2D eigenvalue weighted by Crippen LogP contribution is 2.33. The number of ether oxygens (including phenoxy) is 6. The number of rotatable bonds is 11. The van der Waals surface area contributed by atoms with Crippen molar-refractivity contribution in [2.24, 2.45) is 28.7 Å². The summed E-state index contributed by atoms with van der Waals surface area (Å²) in [4.78, 5) is 25.0. The smallest absolute Gasteiger partial charge is 0.396 e. The molecule has 3 saturated heterocycles. The molecule has 0 spiro atoms. The highest BCUT2D eigenvalue weighted by atomic mass is 19.3. The Kier molecular flexibility index (Phi) is 36.1. The Balaban J connectivity index is -0.000000941. The van der Waals surface area contributed by atoms with E-state index in [0.717, 1.165) is 92.0 Å². The number of aliphatic hydroxyl groups is 3. The van der Waals surface area contributed by atoms with Crippen LogP contribution in [0.15, 0.2) is 65.7 Å². The summed E-state index contributed by atoms with van der Waals surface area (Å²) in [6.45, 7) is 23.1. The minimum Gasteiger partial charge on any atom is -0.396 e. The summed E-state index contributed by atoms with van der Waals surface area (Å²) in [7, 11) is 0. The number of aldehydes is 2. The van der Waals surface area contributed by atoms with Gasteiger partial charge < -0.3 is 48.5 Å². The summed E-state index contributed by atoms with van der Waals surface area (Å²) < 4.78 is 57.6. The van der Waals surface area contributed by atoms with Gasteiger partial charge in [-0.25, -0.2) is 0 Å². The molecule has 3 aliphatic heterocycles. The van der Waals surface area contributed by atoms with Crippen LogP contribution in [-0.2, 0) is 33.2 Å². The average molecular weight is 1100 g/mol. The molecule has 0 radical (unpaired) electrons. The van der Waals surface area contributed by atoms with Gasteiger partial charge in [0.1, 0.15) is 12.6 Å². The Hall–Kier alpha value is -6.40. The molecule has 0 aromatic heterocycles. The van der Waals surface area contributed by atoms with Gasteiger partial charge in [-0.1, -0.05) is 36.6 Å². The fourth-order valence-corrected chi connectivity index (χ4v) is 8.17. The number of hydrogen-bond donors (Lipinski definition) is 3. The molecular weight excluding hydrogens is 1010 g/mol. The summed E-state index contributed by atoms with van der Waals surface area (Å²) in [5, 5.41) is 52.5. The topological polar surface area (TPSA) is 234 Å². The molecule has 0 unspecified atom stereocenters. The second-order valence-electron chi connectivity index (χ2n) is 18.5. The van der Waals surface area contributed by atoms with E-state index in [1.165, 1.54) is 0 Å². The van der Waals surface area contributed by atoms with Gasteiger partial charge in [0.25, 0.3) is 6.08 Å². The number of hydrogen-bond acceptors (Lipinski definition) is 15. The number of aliphatic hydroxyl groups excluding tert-OH is 3. The van der Waals surface area contributed by atoms with E-state index in [0.29, 0.717) is 48.7 Å². The van der Waals surface area contributed by atoms with Gasteiger partial charge in [-0.3, -0.25) is 9.79 Å². The van der Waals surface area contributed by atoms with Gasteiger partial charge in [0, 0.05) is 53.2 Å². The van der Waals surface area contributed by atoms with Gasteiger partial charge in [0.15, 0.2) is 18.9 Å². The van der Waals surface area contributed by atoms with E-state index >= 15 is 0 Å². The lowest BCUT2D eigenvalue weighted by atomic mass is 9.99. The molecule has 3 heterocycles. The lowest BCUT2D eigenvalue weighted by Gasteiger charge is -2.29. The van der Waals surface area contributed by atoms with E-state index in [9.17, 15) is 18.4 Å². The number of carbonyl (C=O) groups is 2. The lowest BCUT2D eigenvalue weighted by Crippen LogP contribution is -2.29. The van der Waals surface area contributed by atoms with E-state index in [2.05, 4.69) is 29.9 Å². The Morgan fingerprint density at radius 1 is 0.595 bits per heavy atom. The van der Waals surface area contributed by atoms with Crippen LogP contribution < -0.4 is 0 Å². The molecule has 0 saturated carbocycles. The quantitative estimate of drug-likeness (QED) is 0.0936. The maximum Gasteiger partial charge on any atom is 1.00 e. The molecular formula is C62H87F2N4O11+. The normalized spacial score (nSPS) is 18.7. The minimum absolute atomic E-state index is 0. The number of benzene rings is 4. The first-order valence-electron chi connectivity index (χ1n) is 24.4. The van der Waals surface area contributed by atoms with Crippen molar-refractivity contribution in [3.63, 3.8) is 0 Å². The summed E-state index contributed by atoms with van der Waals surface area (Å²) in [5.41, 5.74) is 13.6. The third-order valence-electron chi connectivity index (χ3n) is 12.3. The Bertz CT molecular complexity index is 2590. The highest BCUT2D eigenvalue weighted by Gasteiger charge is 2.26. The zero-order valence-corrected chi connectivity index (χ0v) is 44.3. The van der Waals surface area contributed by atoms with Crippen LogP contribution in [0.25, 0.3) is 0 Å². The SMILES string of the molecule is C.C.C.C.C=Nc1c(C)cc(C2OCC(C=C(F)F)CO2)cc1C.CCC(CO)CO.Cc1cc(C2OCC(C=O)CO2)cc(C)c1C#N.Cc1cc(C2OCC(CO)CO2)cc(C)c1C#N.Cc1cc(C=O)cc(C)c1C#N.[H+]. The lowest BCUT2D eigenvalue weighted by molar-refractivity contribution is -0.209. The molecule has 15 nitrogen and oxygen atoms in total. The van der Waals surface area contributed by atoms with Crippen molar-refractivity contribution in [2.75, 3.05) is 59.5 Å². The van der Waals surface area contributed by atoms with Crippen LogP contribution in [0.4, 0.5) is 14.5 Å². The number of carbonyl (C=O) groups excluding carboxylic acids is 2. The van der Waals surface area contributed by atoms with E-state index < -0.39 is 30.9 Å². The number of aliphatic imine (C=N–C) groups is 1. The van der Waals surface area contributed by atoms with Gasteiger partial charge in [-0.15, -0.1) is 0 Å². The molecule has 0 aliphatic carbocycles. The standard InChI is InChI=1S/C15H17F2NO2.C14H17NO3.C14H15NO3.C10H9NO.C5H12O2.4CH4/c1-9-4-12(5-10(2)14(9)18-3)15-19-7-11(8-20-15)6-13(16)17;2*1-9-3-12(4-10(2)13(9)5-15)14-17-7-11(6-16)8-18-14;1-7-3-9(6-12)4-8(2)10(7)5-11;1-2-5(3-6)4-7;;;;/h4-6,11,15H,3,7-8H2,1-2H3;3-4,11,14,16H,6-8H2,1-2H3;3-4,6,11,14H,7-8H2,1-2H3;3-4,6H,1-2H3;5-7H,2-4H2,1H3;4*1H4/p+1. The summed E-state index contributed by atoms with van der Waals surface area (Å²) in [5.74, 6) is -0.420. The first kappa shape index (κ1) is 74.7. The Morgan fingerprint density at radius 3 is 1.16 bits per heavy atom. The zero-order valence-electron chi connectivity index (χ0n) is 45.3. The van der Waals surface area contributed by atoms with Gasteiger partial charge >= 0.3 is 1.43 Å². The molecule has 17 heteroatoms. The van der Waals surface area contributed by atoms with Crippen LogP contribution in [0.5, 0.6) is 0 Å². The fraction of sp³-hybridized carbons (Fsp3) is 0.484.